The molecule has 0 aromatic heterocycles. The number of carbonyl (C=O) groups is 2. The number of nitrogens with one attached hydrogen (secondary N) is 2. The van der Waals surface area contributed by atoms with Crippen molar-refractivity contribution >= 4 is 51.2 Å². The lowest BCUT2D eigenvalue weighted by Crippen LogP contribution is -2.51. The molecule has 29 heavy (non-hydrogen) atoms. The summed E-state index contributed by atoms with van der Waals surface area (Å²) < 4.78 is 6.72. The molecule has 2 N–H and O–H groups in total. The van der Waals surface area contributed by atoms with Crippen LogP contribution in [-0.2, 0) is 16.0 Å². The van der Waals surface area contributed by atoms with Gasteiger partial charge in [0.25, 0.3) is 11.8 Å². The maximum absolute atomic E-state index is 12.1. The summed E-state index contributed by atoms with van der Waals surface area (Å²) >= 11 is 8.47. The Kier molecular flexibility index (Phi) is 6.49. The maximum atomic E-state index is 12.1. The Bertz CT molecular complexity index is 1000. The summed E-state index contributed by atoms with van der Waals surface area (Å²) in [5, 5.41) is 4.89. The van der Waals surface area contributed by atoms with E-state index in [0.29, 0.717) is 24.3 Å². The first-order valence-electron chi connectivity index (χ1n) is 9.17. The Hall–Kier alpha value is -2.51. The molecule has 0 aliphatic carbocycles. The number of benzene rings is 2. The van der Waals surface area contributed by atoms with Crippen LogP contribution in [0.5, 0.6) is 5.75 Å². The van der Waals surface area contributed by atoms with Gasteiger partial charge in [0.2, 0.25) is 0 Å². The molecule has 1 fully saturated rings. The van der Waals surface area contributed by atoms with E-state index in [1.165, 1.54) is 22.8 Å². The molecule has 0 radical (unpaired) electrons. The highest BCUT2D eigenvalue weighted by molar-refractivity contribution is 9.10. The van der Waals surface area contributed by atoms with Gasteiger partial charge in [-0.3, -0.25) is 20.2 Å². The molecular formula is C22H21BrN2O3S. The van der Waals surface area contributed by atoms with Crippen LogP contribution in [0.25, 0.3) is 6.08 Å². The summed E-state index contributed by atoms with van der Waals surface area (Å²) in [4.78, 5) is 24.2. The number of thiocarbonyl (C=S) groups is 1. The number of halogens is 1. The van der Waals surface area contributed by atoms with E-state index in [1.54, 1.807) is 0 Å². The lowest BCUT2D eigenvalue weighted by molar-refractivity contribution is -0.123. The molecule has 2 amide bonds. The van der Waals surface area contributed by atoms with Gasteiger partial charge in [0.1, 0.15) is 11.3 Å². The molecule has 2 aromatic carbocycles. The van der Waals surface area contributed by atoms with Crippen molar-refractivity contribution in [2.24, 2.45) is 0 Å². The molecule has 3 rings (SSSR count). The topological polar surface area (TPSA) is 67.4 Å². The fraction of sp³-hybridized carbons (Fsp3) is 0.227. The van der Waals surface area contributed by atoms with Crippen molar-refractivity contribution in [1.29, 1.82) is 0 Å². The average molecular weight is 473 g/mol. The van der Waals surface area contributed by atoms with Crippen molar-refractivity contribution in [3.63, 3.8) is 0 Å². The number of carbonyl (C=O) groups excluding carboxylic acids is 2. The lowest BCUT2D eigenvalue weighted by atomic mass is 9.98. The number of hydrogen-bond acceptors (Lipinski definition) is 4. The van der Waals surface area contributed by atoms with Crippen LogP contribution in [0, 0.1) is 13.8 Å². The Morgan fingerprint density at radius 2 is 1.66 bits per heavy atom. The maximum Gasteiger partial charge on any atom is 0.263 e. The van der Waals surface area contributed by atoms with Gasteiger partial charge in [0.15, 0.2) is 5.11 Å². The van der Waals surface area contributed by atoms with E-state index in [9.17, 15) is 9.59 Å². The van der Waals surface area contributed by atoms with Crippen LogP contribution in [-0.4, -0.2) is 23.5 Å². The lowest BCUT2D eigenvalue weighted by Gasteiger charge is -2.17. The molecule has 0 saturated carbocycles. The smallest absolute Gasteiger partial charge is 0.263 e. The minimum atomic E-state index is -0.521. The molecule has 0 atom stereocenters. The van der Waals surface area contributed by atoms with Crippen LogP contribution in [0.1, 0.15) is 34.7 Å². The molecular weight excluding hydrogens is 452 g/mol. The Morgan fingerprint density at radius 3 is 2.24 bits per heavy atom. The van der Waals surface area contributed by atoms with Crippen molar-refractivity contribution in [1.82, 2.24) is 10.6 Å². The second-order valence-corrected chi connectivity index (χ2v) is 8.14. The normalized spacial score (nSPS) is 13.8. The van der Waals surface area contributed by atoms with Gasteiger partial charge in [-0.15, -0.1) is 0 Å². The monoisotopic (exact) mass is 472 g/mol. The van der Waals surface area contributed by atoms with Crippen molar-refractivity contribution in [3.8, 4) is 5.75 Å². The van der Waals surface area contributed by atoms with Crippen LogP contribution < -0.4 is 15.4 Å². The van der Waals surface area contributed by atoms with Gasteiger partial charge >= 0.3 is 0 Å². The zero-order chi connectivity index (χ0) is 21.1. The summed E-state index contributed by atoms with van der Waals surface area (Å²) in [5.74, 6) is -0.334. The minimum absolute atomic E-state index is 0.00462. The Balaban J connectivity index is 2.00. The molecule has 0 bridgehead atoms. The predicted molar refractivity (Wildman–Crippen MR) is 121 cm³/mol. The largest absolute Gasteiger partial charge is 0.494 e. The van der Waals surface area contributed by atoms with E-state index in [2.05, 4.69) is 58.6 Å². The first-order chi connectivity index (χ1) is 13.8. The third-order valence-electron chi connectivity index (χ3n) is 4.39. The molecule has 7 heteroatoms. The molecule has 1 saturated heterocycles. The summed E-state index contributed by atoms with van der Waals surface area (Å²) in [7, 11) is 0. The number of hydrogen-bond donors (Lipinski definition) is 2. The van der Waals surface area contributed by atoms with Crippen LogP contribution in [0.4, 0.5) is 0 Å². The van der Waals surface area contributed by atoms with Crippen LogP contribution in [0.2, 0.25) is 0 Å². The molecule has 1 heterocycles. The second-order valence-electron chi connectivity index (χ2n) is 6.88. The summed E-state index contributed by atoms with van der Waals surface area (Å²) in [6.07, 6.45) is 2.23. The Labute approximate surface area is 183 Å². The molecule has 150 valence electrons. The van der Waals surface area contributed by atoms with Crippen LogP contribution in [0.3, 0.4) is 0 Å². The van der Waals surface area contributed by atoms with Crippen molar-refractivity contribution in [2.75, 3.05) is 6.61 Å². The van der Waals surface area contributed by atoms with Gasteiger partial charge in [-0.05, 0) is 62.3 Å². The van der Waals surface area contributed by atoms with Gasteiger partial charge in [-0.2, -0.15) is 0 Å². The highest BCUT2D eigenvalue weighted by Gasteiger charge is 2.26. The van der Waals surface area contributed by atoms with E-state index in [0.717, 1.165) is 10.0 Å². The molecule has 0 spiro atoms. The standard InChI is InChI=1S/C22H21BrN2O3S/c1-4-28-19-11-15(9-17-20(26)24-22(29)25-21(17)27)10-18(23)16(19)8-14-6-12(2)5-13(3)7-14/h5-7,9-11H,4,8H2,1-3H3,(H2,24,25,26,27,29). The average Bonchev–Trinajstić information content (AvgIpc) is 2.60. The van der Waals surface area contributed by atoms with Gasteiger partial charge in [-0.1, -0.05) is 45.3 Å². The molecule has 1 aliphatic rings. The van der Waals surface area contributed by atoms with E-state index in [4.69, 9.17) is 17.0 Å². The van der Waals surface area contributed by atoms with Gasteiger partial charge in [0, 0.05) is 16.5 Å². The summed E-state index contributed by atoms with van der Waals surface area (Å²) in [6, 6.07) is 10.2. The molecule has 2 aromatic rings. The van der Waals surface area contributed by atoms with Crippen molar-refractivity contribution in [3.05, 3.63) is 68.2 Å². The van der Waals surface area contributed by atoms with E-state index < -0.39 is 11.8 Å². The van der Waals surface area contributed by atoms with E-state index in [1.807, 2.05) is 19.1 Å². The molecule has 0 unspecified atom stereocenters. The third-order valence-corrected chi connectivity index (χ3v) is 5.31. The molecule has 1 aliphatic heterocycles. The number of aryl methyl sites for hydroxylation is 2. The number of rotatable bonds is 5. The third kappa shape index (κ3) is 5.10. The zero-order valence-corrected chi connectivity index (χ0v) is 18.8. The van der Waals surface area contributed by atoms with Crippen LogP contribution in [0.15, 0.2) is 40.4 Å². The van der Waals surface area contributed by atoms with Gasteiger partial charge < -0.3 is 4.74 Å². The van der Waals surface area contributed by atoms with Gasteiger partial charge in [-0.25, -0.2) is 0 Å². The van der Waals surface area contributed by atoms with Crippen LogP contribution >= 0.6 is 28.1 Å². The highest BCUT2D eigenvalue weighted by atomic mass is 79.9. The van der Waals surface area contributed by atoms with E-state index >= 15 is 0 Å². The first kappa shape index (κ1) is 21.2. The minimum Gasteiger partial charge on any atom is -0.494 e. The Morgan fingerprint density at radius 1 is 1.03 bits per heavy atom. The predicted octanol–water partition coefficient (Wildman–Crippen LogP) is 3.97. The zero-order valence-electron chi connectivity index (χ0n) is 16.4. The van der Waals surface area contributed by atoms with Crippen molar-refractivity contribution in [2.45, 2.75) is 27.2 Å². The quantitative estimate of drug-likeness (QED) is 0.392. The highest BCUT2D eigenvalue weighted by Crippen LogP contribution is 2.32. The van der Waals surface area contributed by atoms with E-state index in [-0.39, 0.29) is 10.7 Å². The number of amides is 2. The van der Waals surface area contributed by atoms with Gasteiger partial charge in [0.05, 0.1) is 6.61 Å². The SMILES string of the molecule is CCOc1cc(C=C2C(=O)NC(=S)NC2=O)cc(Br)c1Cc1cc(C)cc(C)c1. The second kappa shape index (κ2) is 8.88. The fourth-order valence-corrected chi connectivity index (χ4v) is 4.10. The first-order valence-corrected chi connectivity index (χ1v) is 10.4. The fourth-order valence-electron chi connectivity index (χ4n) is 3.32. The molecule has 5 nitrogen and oxygen atoms in total. The summed E-state index contributed by atoms with van der Waals surface area (Å²) in [5.41, 5.74) is 5.30. The number of ether oxygens (including phenoxy) is 1. The summed E-state index contributed by atoms with van der Waals surface area (Å²) in [6.45, 7) is 6.58. The van der Waals surface area contributed by atoms with Crippen molar-refractivity contribution < 1.29 is 14.3 Å².